The van der Waals surface area contributed by atoms with Crippen LogP contribution in [0.15, 0.2) is 0 Å². The van der Waals surface area contributed by atoms with Crippen molar-refractivity contribution in [3.63, 3.8) is 0 Å². The molecule has 0 aromatic carbocycles. The van der Waals surface area contributed by atoms with Gasteiger partial charge in [0.1, 0.15) is 0 Å². The first kappa shape index (κ1) is 15.8. The van der Waals surface area contributed by atoms with Gasteiger partial charge in [0.05, 0.1) is 0 Å². The van der Waals surface area contributed by atoms with Crippen LogP contribution in [0.2, 0.25) is 0 Å². The molecular formula is H2BKNO3. The van der Waals surface area contributed by atoms with Gasteiger partial charge in [-0.25, -0.2) is 0 Å². The van der Waals surface area contributed by atoms with Crippen LogP contribution in [0.1, 0.15) is 1.43 Å². The second-order valence-corrected chi connectivity index (χ2v) is 0.238. The van der Waals surface area contributed by atoms with Crippen LogP contribution in [-0.2, 0) is 0 Å². The summed E-state index contributed by atoms with van der Waals surface area (Å²) in [5.74, 6) is 0. The van der Waals surface area contributed by atoms with E-state index in [1.54, 1.807) is 0 Å². The van der Waals surface area contributed by atoms with Gasteiger partial charge >= 0.3 is 51.4 Å². The normalized spacial score (nSPS) is 4.00. The maximum Gasteiger partial charge on any atom is 1.00 e. The van der Waals surface area contributed by atoms with Crippen LogP contribution >= 0.6 is 0 Å². The minimum absolute atomic E-state index is 0. The summed E-state index contributed by atoms with van der Waals surface area (Å²) in [6.45, 7) is 0. The van der Waals surface area contributed by atoms with Crippen LogP contribution in [0.3, 0.4) is 0 Å². The molecule has 0 atom stereocenters. The molecule has 1 N–H and O–H groups in total. The van der Waals surface area contributed by atoms with Crippen LogP contribution in [0.5, 0.6) is 0 Å². The molecule has 6 heavy (non-hydrogen) atoms. The van der Waals surface area contributed by atoms with Gasteiger partial charge in [-0.15, -0.1) is 10.1 Å². The molecule has 0 amide bonds. The minimum Gasteiger partial charge on any atom is -1.00 e. The predicted octanol–water partition coefficient (Wildman–Crippen LogP) is -3.61. The largest absolute Gasteiger partial charge is 1.00 e. The first-order valence-electron chi connectivity index (χ1n) is 0.565. The van der Waals surface area contributed by atoms with E-state index in [2.05, 4.69) is 0 Å². The van der Waals surface area contributed by atoms with Crippen LogP contribution in [0.4, 0.5) is 0 Å². The number of hydrogen-bond donors (Lipinski definition) is 1. The summed E-state index contributed by atoms with van der Waals surface area (Å²) in [5.41, 5.74) is 0. The molecule has 0 bridgehead atoms. The van der Waals surface area contributed by atoms with E-state index in [9.17, 15) is 0 Å². The molecule has 0 fully saturated rings. The molecule has 3 radical (unpaired) electrons. The predicted molar refractivity (Wildman–Crippen MR) is 15.6 cm³/mol. The monoisotopic (exact) mass is 114 g/mol. The zero-order valence-electron chi connectivity index (χ0n) is 4.29. The van der Waals surface area contributed by atoms with E-state index in [1.807, 2.05) is 0 Å². The molecule has 0 rings (SSSR count). The summed E-state index contributed by atoms with van der Waals surface area (Å²) in [6.07, 6.45) is 0. The summed E-state index contributed by atoms with van der Waals surface area (Å²) in [6, 6.07) is 0. The second-order valence-electron chi connectivity index (χ2n) is 0.238. The first-order valence-corrected chi connectivity index (χ1v) is 0.565. The zero-order chi connectivity index (χ0) is 3.58. The Balaban J connectivity index is -0.0000000150. The van der Waals surface area contributed by atoms with Gasteiger partial charge in [0.25, 0.3) is 5.09 Å². The van der Waals surface area contributed by atoms with Crippen LogP contribution < -0.4 is 51.4 Å². The number of rotatable bonds is 0. The standard InChI is InChI=1S/B.K.HNO3.H/c;;2-1(3)4;/h;;(H,2,3,4);/q;+1;;-1. The van der Waals surface area contributed by atoms with Crippen molar-refractivity contribution in [2.75, 3.05) is 0 Å². The van der Waals surface area contributed by atoms with E-state index in [0.29, 0.717) is 0 Å². The molecule has 0 unspecified atom stereocenters. The SMILES string of the molecule is O=[N+]([O-])O.[B].[H-].[K+]. The van der Waals surface area contributed by atoms with Gasteiger partial charge in [-0.3, -0.25) is 0 Å². The van der Waals surface area contributed by atoms with Crippen LogP contribution in [-0.4, -0.2) is 18.7 Å². The third-order valence-electron chi connectivity index (χ3n) is 0. The average Bonchev–Trinajstić information content (AvgIpc) is 0.811. The smallest absolute Gasteiger partial charge is 1.00 e. The van der Waals surface area contributed by atoms with Crippen LogP contribution in [0, 0.1) is 10.1 Å². The zero-order valence-corrected chi connectivity index (χ0v) is 6.41. The van der Waals surface area contributed by atoms with Gasteiger partial charge in [0.2, 0.25) is 0 Å². The Bertz CT molecular complexity index is 37.9. The number of hydrogen-bond acceptors (Lipinski definition) is 2. The summed E-state index contributed by atoms with van der Waals surface area (Å²) in [7, 11) is 0. The summed E-state index contributed by atoms with van der Waals surface area (Å²) in [4.78, 5) is 8.36. The third kappa shape index (κ3) is 91.8. The molecule has 0 aliphatic heterocycles. The fourth-order valence-electron chi connectivity index (χ4n) is 0. The van der Waals surface area contributed by atoms with Gasteiger partial charge in [-0.05, 0) is 0 Å². The molecule has 0 aliphatic carbocycles. The van der Waals surface area contributed by atoms with E-state index in [1.165, 1.54) is 0 Å². The molecule has 29 valence electrons. The Labute approximate surface area is 80.5 Å². The molecule has 0 saturated heterocycles. The van der Waals surface area contributed by atoms with Crippen molar-refractivity contribution in [3.8, 4) is 0 Å². The molecule has 4 nitrogen and oxygen atoms in total. The summed E-state index contributed by atoms with van der Waals surface area (Å²) in [5, 5.41) is 13.6. The van der Waals surface area contributed by atoms with Crippen molar-refractivity contribution in [2.45, 2.75) is 0 Å². The molecule has 0 spiro atoms. The molecule has 0 aromatic heterocycles. The summed E-state index contributed by atoms with van der Waals surface area (Å²) < 4.78 is 0. The molecular weight excluding hydrogens is 112 g/mol. The van der Waals surface area contributed by atoms with Crippen molar-refractivity contribution in [3.05, 3.63) is 10.1 Å². The topological polar surface area (TPSA) is 63.4 Å². The maximum absolute atomic E-state index is 8.36. The van der Waals surface area contributed by atoms with Crippen molar-refractivity contribution in [2.24, 2.45) is 0 Å². The summed E-state index contributed by atoms with van der Waals surface area (Å²) >= 11 is 0. The van der Waals surface area contributed by atoms with Gasteiger partial charge in [-0.2, -0.15) is 0 Å². The van der Waals surface area contributed by atoms with E-state index in [4.69, 9.17) is 15.3 Å². The fourth-order valence-corrected chi connectivity index (χ4v) is 0. The molecule has 6 heteroatoms. The Morgan fingerprint density at radius 2 is 1.83 bits per heavy atom. The van der Waals surface area contributed by atoms with Crippen molar-refractivity contribution in [1.82, 2.24) is 0 Å². The Hall–Kier alpha value is 0.901. The van der Waals surface area contributed by atoms with E-state index in [0.717, 1.165) is 0 Å². The van der Waals surface area contributed by atoms with Crippen molar-refractivity contribution < 1.29 is 63.1 Å². The van der Waals surface area contributed by atoms with Crippen molar-refractivity contribution in [1.29, 1.82) is 0 Å². The third-order valence-corrected chi connectivity index (χ3v) is 0. The minimum atomic E-state index is -1.50. The van der Waals surface area contributed by atoms with E-state index < -0.39 is 5.09 Å². The maximum atomic E-state index is 8.36. The molecule has 0 aliphatic rings. The van der Waals surface area contributed by atoms with E-state index >= 15 is 0 Å². The Morgan fingerprint density at radius 3 is 1.83 bits per heavy atom. The molecule has 0 aromatic rings. The Kier molecular flexibility index (Phi) is 24.5. The Morgan fingerprint density at radius 1 is 1.83 bits per heavy atom. The van der Waals surface area contributed by atoms with Crippen molar-refractivity contribution >= 4 is 8.41 Å². The fraction of sp³-hybridized carbons (Fsp3) is 0. The van der Waals surface area contributed by atoms with Gasteiger partial charge in [-0.1, -0.05) is 0 Å². The van der Waals surface area contributed by atoms with Gasteiger partial charge in [0, 0.05) is 8.41 Å². The van der Waals surface area contributed by atoms with E-state index in [-0.39, 0.29) is 61.2 Å². The first-order chi connectivity index (χ1) is 1.73. The number of nitrogens with zero attached hydrogens (tertiary/aromatic N) is 1. The van der Waals surface area contributed by atoms with Gasteiger partial charge < -0.3 is 6.63 Å². The molecule has 0 heterocycles. The average molecular weight is 114 g/mol. The second kappa shape index (κ2) is 9.31. The van der Waals surface area contributed by atoms with Gasteiger partial charge in [0.15, 0.2) is 0 Å². The molecule has 0 saturated carbocycles. The van der Waals surface area contributed by atoms with Crippen LogP contribution in [0.25, 0.3) is 0 Å². The quantitative estimate of drug-likeness (QED) is 0.201.